The molecule has 10 nitrogen and oxygen atoms in total. The van der Waals surface area contributed by atoms with Gasteiger partial charge in [0.1, 0.15) is 17.5 Å². The Labute approximate surface area is 196 Å². The second-order valence-electron chi connectivity index (χ2n) is 8.33. The Hall–Kier alpha value is -3.14. The molecule has 1 amide bonds. The van der Waals surface area contributed by atoms with Crippen LogP contribution in [0.2, 0.25) is 5.02 Å². The first-order valence-electron chi connectivity index (χ1n) is 10.5. The predicted molar refractivity (Wildman–Crippen MR) is 122 cm³/mol. The number of rotatable bonds is 8. The van der Waals surface area contributed by atoms with Gasteiger partial charge in [-0.15, -0.1) is 0 Å². The highest BCUT2D eigenvalue weighted by Crippen LogP contribution is 2.11. The van der Waals surface area contributed by atoms with Crippen molar-refractivity contribution >= 4 is 23.7 Å². The Kier molecular flexibility index (Phi) is 8.81. The fourth-order valence-electron chi connectivity index (χ4n) is 2.97. The van der Waals surface area contributed by atoms with Gasteiger partial charge in [-0.05, 0) is 58.7 Å². The normalized spacial score (nSPS) is 12.2. The van der Waals surface area contributed by atoms with E-state index in [1.54, 1.807) is 58.9 Å². The molecule has 180 valence electrons. The van der Waals surface area contributed by atoms with Crippen molar-refractivity contribution in [2.45, 2.75) is 65.8 Å². The molecular weight excluding hydrogens is 452 g/mol. The zero-order valence-corrected chi connectivity index (χ0v) is 20.1. The SMILES string of the molecule is CCOC(=O)[C@H](CCn1c(=O)nc(C)n(Cc2ccc(Cl)cc2)c1=O)NC(=O)OC(C)(C)C. The maximum atomic E-state index is 13.0. The van der Waals surface area contributed by atoms with Crippen molar-refractivity contribution in [3.8, 4) is 0 Å². The average molecular weight is 481 g/mol. The van der Waals surface area contributed by atoms with Crippen molar-refractivity contribution in [1.29, 1.82) is 0 Å². The fourth-order valence-corrected chi connectivity index (χ4v) is 3.10. The second-order valence-corrected chi connectivity index (χ2v) is 8.76. The Bertz CT molecular complexity index is 1100. The summed E-state index contributed by atoms with van der Waals surface area (Å²) in [7, 11) is 0. The molecule has 11 heteroatoms. The molecule has 1 heterocycles. The average Bonchev–Trinajstić information content (AvgIpc) is 2.70. The molecule has 1 aromatic heterocycles. The summed E-state index contributed by atoms with van der Waals surface area (Å²) in [5.74, 6) is -0.442. The van der Waals surface area contributed by atoms with Gasteiger partial charge in [0.15, 0.2) is 0 Å². The largest absolute Gasteiger partial charge is 0.464 e. The quantitative estimate of drug-likeness (QED) is 0.575. The van der Waals surface area contributed by atoms with E-state index in [4.69, 9.17) is 21.1 Å². The maximum Gasteiger partial charge on any atom is 0.408 e. The fraction of sp³-hybridized carbons (Fsp3) is 0.500. The number of ether oxygens (including phenoxy) is 2. The lowest BCUT2D eigenvalue weighted by atomic mass is 10.2. The summed E-state index contributed by atoms with van der Waals surface area (Å²) in [5, 5.41) is 3.01. The number of benzene rings is 1. The van der Waals surface area contributed by atoms with E-state index in [-0.39, 0.29) is 31.9 Å². The predicted octanol–water partition coefficient (Wildman–Crippen LogP) is 2.26. The number of esters is 1. The van der Waals surface area contributed by atoms with E-state index in [0.29, 0.717) is 5.02 Å². The van der Waals surface area contributed by atoms with E-state index in [1.165, 1.54) is 4.57 Å². The highest BCUT2D eigenvalue weighted by atomic mass is 35.5. The summed E-state index contributed by atoms with van der Waals surface area (Å²) < 4.78 is 12.5. The van der Waals surface area contributed by atoms with Gasteiger partial charge in [0.05, 0.1) is 13.2 Å². The first kappa shape index (κ1) is 26.1. The summed E-state index contributed by atoms with van der Waals surface area (Å²) in [6.45, 7) is 8.38. The van der Waals surface area contributed by atoms with Crippen LogP contribution >= 0.6 is 11.6 Å². The van der Waals surface area contributed by atoms with E-state index in [1.807, 2.05) is 0 Å². The van der Waals surface area contributed by atoms with Gasteiger partial charge in [-0.3, -0.25) is 4.57 Å². The highest BCUT2D eigenvalue weighted by molar-refractivity contribution is 6.30. The lowest BCUT2D eigenvalue weighted by molar-refractivity contribution is -0.145. The van der Waals surface area contributed by atoms with Crippen molar-refractivity contribution < 1.29 is 19.1 Å². The summed E-state index contributed by atoms with van der Waals surface area (Å²) >= 11 is 5.91. The molecule has 1 aromatic carbocycles. The van der Waals surface area contributed by atoms with E-state index >= 15 is 0 Å². The van der Waals surface area contributed by atoms with Crippen molar-refractivity contribution in [3.63, 3.8) is 0 Å². The van der Waals surface area contributed by atoms with Crippen LogP contribution in [0.4, 0.5) is 4.79 Å². The molecule has 0 spiro atoms. The van der Waals surface area contributed by atoms with Gasteiger partial charge < -0.3 is 14.8 Å². The maximum absolute atomic E-state index is 13.0. The van der Waals surface area contributed by atoms with Gasteiger partial charge in [0.2, 0.25) is 0 Å². The molecule has 2 rings (SSSR count). The zero-order valence-electron chi connectivity index (χ0n) is 19.4. The molecule has 0 unspecified atom stereocenters. The number of alkyl carbamates (subject to hydrolysis) is 1. The van der Waals surface area contributed by atoms with Crippen molar-refractivity contribution in [2.24, 2.45) is 0 Å². The molecule has 2 aromatic rings. The van der Waals surface area contributed by atoms with Crippen molar-refractivity contribution in [2.75, 3.05) is 6.61 Å². The summed E-state index contributed by atoms with van der Waals surface area (Å²) in [5.41, 5.74) is -1.30. The standard InChI is InChI=1S/C22H29ClN4O6/c1-6-32-18(28)17(25-20(30)33-22(3,4)5)11-12-26-19(29)24-14(2)27(21(26)31)13-15-7-9-16(23)10-8-15/h7-10,17H,6,11-13H2,1-5H3,(H,25,30)/t17-/m0/s1. The van der Waals surface area contributed by atoms with Crippen LogP contribution in [0.5, 0.6) is 0 Å². The van der Waals surface area contributed by atoms with E-state index < -0.39 is 35.1 Å². The zero-order chi connectivity index (χ0) is 24.8. The number of aryl methyl sites for hydroxylation is 1. The van der Waals surface area contributed by atoms with E-state index in [2.05, 4.69) is 10.3 Å². The number of amides is 1. The number of halogens is 1. The molecular formula is C22H29ClN4O6. The molecule has 0 saturated heterocycles. The molecule has 0 aliphatic rings. The molecule has 0 saturated carbocycles. The van der Waals surface area contributed by atoms with Gasteiger partial charge in [-0.2, -0.15) is 4.98 Å². The Morgan fingerprint density at radius 1 is 1.15 bits per heavy atom. The number of aromatic nitrogens is 3. The van der Waals surface area contributed by atoms with Gasteiger partial charge in [-0.25, -0.2) is 23.7 Å². The van der Waals surface area contributed by atoms with Crippen LogP contribution in [0.15, 0.2) is 33.9 Å². The van der Waals surface area contributed by atoms with Crippen LogP contribution in [-0.2, 0) is 27.4 Å². The topological polar surface area (TPSA) is 122 Å². The molecule has 0 fully saturated rings. The smallest absolute Gasteiger partial charge is 0.408 e. The summed E-state index contributed by atoms with van der Waals surface area (Å²) in [4.78, 5) is 53.9. The molecule has 0 aliphatic heterocycles. The van der Waals surface area contributed by atoms with Gasteiger partial charge in [0, 0.05) is 11.6 Å². The third kappa shape index (κ3) is 7.74. The number of carbonyl (C=O) groups is 2. The van der Waals surface area contributed by atoms with Crippen LogP contribution in [0.25, 0.3) is 0 Å². The molecule has 33 heavy (non-hydrogen) atoms. The molecule has 0 radical (unpaired) electrons. The number of hydrogen-bond donors (Lipinski definition) is 1. The van der Waals surface area contributed by atoms with Crippen LogP contribution in [-0.4, -0.2) is 44.4 Å². The lowest BCUT2D eigenvalue weighted by Crippen LogP contribution is -2.47. The van der Waals surface area contributed by atoms with Crippen LogP contribution in [0.1, 0.15) is 45.5 Å². The monoisotopic (exact) mass is 480 g/mol. The third-order valence-corrected chi connectivity index (χ3v) is 4.75. The van der Waals surface area contributed by atoms with Crippen LogP contribution in [0.3, 0.4) is 0 Å². The van der Waals surface area contributed by atoms with Crippen molar-refractivity contribution in [3.05, 3.63) is 61.6 Å². The summed E-state index contributed by atoms with van der Waals surface area (Å²) in [6, 6.07) is 5.83. The Morgan fingerprint density at radius 3 is 2.36 bits per heavy atom. The Balaban J connectivity index is 2.26. The minimum atomic E-state index is -1.11. The van der Waals surface area contributed by atoms with Crippen LogP contribution < -0.4 is 16.7 Å². The van der Waals surface area contributed by atoms with Crippen molar-refractivity contribution in [1.82, 2.24) is 19.4 Å². The molecule has 1 atom stereocenters. The van der Waals surface area contributed by atoms with Gasteiger partial charge in [-0.1, -0.05) is 23.7 Å². The number of hydrogen-bond acceptors (Lipinski definition) is 7. The molecule has 0 bridgehead atoms. The second kappa shape index (κ2) is 11.1. The first-order chi connectivity index (χ1) is 15.4. The molecule has 1 N–H and O–H groups in total. The minimum absolute atomic E-state index is 0.0705. The molecule has 0 aliphatic carbocycles. The third-order valence-electron chi connectivity index (χ3n) is 4.50. The lowest BCUT2D eigenvalue weighted by Gasteiger charge is -2.23. The van der Waals surface area contributed by atoms with E-state index in [9.17, 15) is 19.2 Å². The number of carbonyl (C=O) groups excluding carboxylic acids is 2. The van der Waals surface area contributed by atoms with Gasteiger partial charge in [0.25, 0.3) is 0 Å². The number of nitrogens with one attached hydrogen (secondary N) is 1. The minimum Gasteiger partial charge on any atom is -0.464 e. The highest BCUT2D eigenvalue weighted by Gasteiger charge is 2.26. The number of nitrogens with zero attached hydrogens (tertiary/aromatic N) is 3. The summed E-state index contributed by atoms with van der Waals surface area (Å²) in [6.07, 6.45) is -0.881. The van der Waals surface area contributed by atoms with Crippen LogP contribution in [0, 0.1) is 6.92 Å². The van der Waals surface area contributed by atoms with E-state index in [0.717, 1.165) is 10.1 Å². The first-order valence-corrected chi connectivity index (χ1v) is 10.9. The van der Waals surface area contributed by atoms with Gasteiger partial charge >= 0.3 is 23.4 Å². The Morgan fingerprint density at radius 2 is 1.79 bits per heavy atom.